The average molecular weight is 315 g/mol. The first kappa shape index (κ1) is 16.3. The van der Waals surface area contributed by atoms with Crippen molar-refractivity contribution in [1.29, 1.82) is 0 Å². The number of thiocarbonyl (C=S) groups is 1. The number of hydrogen-bond donors (Lipinski definition) is 3. The van der Waals surface area contributed by atoms with Gasteiger partial charge in [0.1, 0.15) is 0 Å². The van der Waals surface area contributed by atoms with Crippen molar-refractivity contribution < 1.29 is 4.74 Å². The Morgan fingerprint density at radius 2 is 1.59 bits per heavy atom. The van der Waals surface area contributed by atoms with Gasteiger partial charge in [0.05, 0.1) is 0 Å². The van der Waals surface area contributed by atoms with Crippen LogP contribution in [-0.2, 0) is 4.74 Å². The zero-order chi connectivity index (χ0) is 15.6. The Bertz CT molecular complexity index is 572. The van der Waals surface area contributed by atoms with Gasteiger partial charge in [0, 0.05) is 37.3 Å². The number of anilines is 3. The summed E-state index contributed by atoms with van der Waals surface area (Å²) in [6, 6.07) is 18.1. The molecule has 0 saturated heterocycles. The van der Waals surface area contributed by atoms with Crippen molar-refractivity contribution in [3.8, 4) is 0 Å². The largest absolute Gasteiger partial charge is 0.385 e. The molecule has 2 aromatic rings. The number of hydrogen-bond acceptors (Lipinski definition) is 3. The molecule has 0 aromatic heterocycles. The fourth-order valence-electron chi connectivity index (χ4n) is 1.92. The second-order valence-corrected chi connectivity index (χ2v) is 5.20. The summed E-state index contributed by atoms with van der Waals surface area (Å²) in [7, 11) is 1.70. The maximum absolute atomic E-state index is 5.24. The van der Waals surface area contributed by atoms with Gasteiger partial charge >= 0.3 is 0 Å². The molecule has 0 amide bonds. The van der Waals surface area contributed by atoms with Crippen LogP contribution in [0, 0.1) is 0 Å². The Kier molecular flexibility index (Phi) is 6.67. The van der Waals surface area contributed by atoms with Crippen LogP contribution in [0.15, 0.2) is 54.6 Å². The Morgan fingerprint density at radius 3 is 2.27 bits per heavy atom. The second kappa shape index (κ2) is 9.02. The van der Waals surface area contributed by atoms with E-state index in [2.05, 4.69) is 16.0 Å². The van der Waals surface area contributed by atoms with Crippen LogP contribution in [0.4, 0.5) is 17.1 Å². The molecular weight excluding hydrogens is 294 g/mol. The van der Waals surface area contributed by atoms with Crippen LogP contribution in [0.25, 0.3) is 0 Å². The Morgan fingerprint density at radius 1 is 0.955 bits per heavy atom. The van der Waals surface area contributed by atoms with E-state index in [1.165, 1.54) is 0 Å². The smallest absolute Gasteiger partial charge is 0.170 e. The SMILES string of the molecule is COCCCNC(=S)Nc1ccc(Nc2ccccc2)cc1. The van der Waals surface area contributed by atoms with E-state index in [0.717, 1.165) is 36.6 Å². The number of methoxy groups -OCH3 is 1. The van der Waals surface area contributed by atoms with Gasteiger partial charge in [0.15, 0.2) is 5.11 Å². The fourth-order valence-corrected chi connectivity index (χ4v) is 2.14. The number of rotatable bonds is 7. The fraction of sp³-hybridized carbons (Fsp3) is 0.235. The molecule has 0 spiro atoms. The van der Waals surface area contributed by atoms with Gasteiger partial charge in [0.2, 0.25) is 0 Å². The number of nitrogens with one attached hydrogen (secondary N) is 3. The molecule has 0 atom stereocenters. The predicted molar refractivity (Wildman–Crippen MR) is 96.9 cm³/mol. The molecule has 0 radical (unpaired) electrons. The third-order valence-electron chi connectivity index (χ3n) is 3.02. The summed E-state index contributed by atoms with van der Waals surface area (Å²) in [5.41, 5.74) is 3.07. The van der Waals surface area contributed by atoms with E-state index in [0.29, 0.717) is 5.11 Å². The molecule has 0 bridgehead atoms. The van der Waals surface area contributed by atoms with E-state index < -0.39 is 0 Å². The molecule has 0 unspecified atom stereocenters. The molecule has 2 rings (SSSR count). The highest BCUT2D eigenvalue weighted by Gasteiger charge is 1.98. The van der Waals surface area contributed by atoms with Crippen LogP contribution in [0.5, 0.6) is 0 Å². The van der Waals surface area contributed by atoms with Gasteiger partial charge < -0.3 is 20.7 Å². The topological polar surface area (TPSA) is 45.3 Å². The molecule has 2 aromatic carbocycles. The number of ether oxygens (including phenoxy) is 1. The maximum Gasteiger partial charge on any atom is 0.170 e. The monoisotopic (exact) mass is 315 g/mol. The third kappa shape index (κ3) is 5.71. The lowest BCUT2D eigenvalue weighted by Gasteiger charge is -2.11. The van der Waals surface area contributed by atoms with E-state index in [4.69, 9.17) is 17.0 Å². The third-order valence-corrected chi connectivity index (χ3v) is 3.26. The Balaban J connectivity index is 1.80. The van der Waals surface area contributed by atoms with Crippen molar-refractivity contribution in [3.05, 3.63) is 54.6 Å². The van der Waals surface area contributed by atoms with Crippen molar-refractivity contribution >= 4 is 34.4 Å². The predicted octanol–water partition coefficient (Wildman–Crippen LogP) is 3.75. The van der Waals surface area contributed by atoms with Crippen LogP contribution in [-0.4, -0.2) is 25.4 Å². The number of benzene rings is 2. The first-order valence-corrected chi connectivity index (χ1v) is 7.64. The van der Waals surface area contributed by atoms with Gasteiger partial charge in [-0.15, -0.1) is 0 Å². The van der Waals surface area contributed by atoms with E-state index in [9.17, 15) is 0 Å². The van der Waals surface area contributed by atoms with Gasteiger partial charge in [-0.05, 0) is 55.0 Å². The molecule has 0 aliphatic heterocycles. The highest BCUT2D eigenvalue weighted by Crippen LogP contribution is 2.18. The first-order valence-electron chi connectivity index (χ1n) is 7.24. The van der Waals surface area contributed by atoms with Crippen molar-refractivity contribution in [3.63, 3.8) is 0 Å². The Labute approximate surface area is 136 Å². The zero-order valence-corrected chi connectivity index (χ0v) is 13.5. The van der Waals surface area contributed by atoms with Gasteiger partial charge in [-0.3, -0.25) is 0 Å². The second-order valence-electron chi connectivity index (χ2n) is 4.80. The van der Waals surface area contributed by atoms with Crippen LogP contribution in [0.3, 0.4) is 0 Å². The summed E-state index contributed by atoms with van der Waals surface area (Å²) in [6.45, 7) is 1.53. The zero-order valence-electron chi connectivity index (χ0n) is 12.6. The minimum atomic E-state index is 0.625. The molecule has 0 aliphatic carbocycles. The van der Waals surface area contributed by atoms with Gasteiger partial charge in [0.25, 0.3) is 0 Å². The number of para-hydroxylation sites is 1. The average Bonchev–Trinajstić information content (AvgIpc) is 2.54. The van der Waals surface area contributed by atoms with E-state index in [1.54, 1.807) is 7.11 Å². The standard InChI is InChI=1S/C17H21N3OS/c1-21-13-5-12-18-17(22)20-16-10-8-15(9-11-16)19-14-6-3-2-4-7-14/h2-4,6-11,19H,5,12-13H2,1H3,(H2,18,20,22). The van der Waals surface area contributed by atoms with Gasteiger partial charge in [-0.1, -0.05) is 18.2 Å². The van der Waals surface area contributed by atoms with Crippen molar-refractivity contribution in [2.24, 2.45) is 0 Å². The highest BCUT2D eigenvalue weighted by atomic mass is 32.1. The minimum absolute atomic E-state index is 0.625. The molecule has 0 aliphatic rings. The van der Waals surface area contributed by atoms with E-state index >= 15 is 0 Å². The summed E-state index contributed by atoms with van der Waals surface area (Å²) in [5.74, 6) is 0. The summed E-state index contributed by atoms with van der Waals surface area (Å²) < 4.78 is 4.99. The first-order chi connectivity index (χ1) is 10.8. The van der Waals surface area contributed by atoms with Crippen molar-refractivity contribution in [1.82, 2.24) is 5.32 Å². The van der Waals surface area contributed by atoms with E-state index in [-0.39, 0.29) is 0 Å². The molecule has 5 heteroatoms. The van der Waals surface area contributed by atoms with Gasteiger partial charge in [-0.2, -0.15) is 0 Å². The van der Waals surface area contributed by atoms with Crippen molar-refractivity contribution in [2.45, 2.75) is 6.42 Å². The van der Waals surface area contributed by atoms with Crippen LogP contribution >= 0.6 is 12.2 Å². The van der Waals surface area contributed by atoms with Crippen LogP contribution in [0.2, 0.25) is 0 Å². The highest BCUT2D eigenvalue weighted by molar-refractivity contribution is 7.80. The molecule has 22 heavy (non-hydrogen) atoms. The lowest BCUT2D eigenvalue weighted by molar-refractivity contribution is 0.196. The molecular formula is C17H21N3OS. The minimum Gasteiger partial charge on any atom is -0.385 e. The quantitative estimate of drug-likeness (QED) is 0.536. The summed E-state index contributed by atoms with van der Waals surface area (Å²) in [5, 5.41) is 10.3. The molecule has 0 heterocycles. The van der Waals surface area contributed by atoms with Crippen LogP contribution < -0.4 is 16.0 Å². The normalized spacial score (nSPS) is 10.0. The molecule has 4 nitrogen and oxygen atoms in total. The summed E-state index contributed by atoms with van der Waals surface area (Å²) in [4.78, 5) is 0. The van der Waals surface area contributed by atoms with Crippen LogP contribution in [0.1, 0.15) is 6.42 Å². The Hall–Kier alpha value is -2.11. The van der Waals surface area contributed by atoms with Gasteiger partial charge in [-0.25, -0.2) is 0 Å². The molecule has 0 saturated carbocycles. The summed E-state index contributed by atoms with van der Waals surface area (Å²) in [6.07, 6.45) is 0.929. The maximum atomic E-state index is 5.24. The lowest BCUT2D eigenvalue weighted by Crippen LogP contribution is -2.29. The lowest BCUT2D eigenvalue weighted by atomic mass is 10.2. The molecule has 0 fully saturated rings. The molecule has 116 valence electrons. The summed E-state index contributed by atoms with van der Waals surface area (Å²) >= 11 is 5.24. The molecule has 3 N–H and O–H groups in total. The van der Waals surface area contributed by atoms with E-state index in [1.807, 2.05) is 54.6 Å². The van der Waals surface area contributed by atoms with Crippen molar-refractivity contribution in [2.75, 3.05) is 30.9 Å².